The summed E-state index contributed by atoms with van der Waals surface area (Å²) in [6.07, 6.45) is 2.98. The van der Waals surface area contributed by atoms with Crippen molar-refractivity contribution in [3.63, 3.8) is 0 Å². The van der Waals surface area contributed by atoms with Gasteiger partial charge in [0.15, 0.2) is 0 Å². The molecule has 0 aliphatic heterocycles. The van der Waals surface area contributed by atoms with Gasteiger partial charge >= 0.3 is 0 Å². The molecular weight excluding hydrogens is 318 g/mol. The summed E-state index contributed by atoms with van der Waals surface area (Å²) in [7, 11) is -3.60. The minimum Gasteiger partial charge on any atom is -0.279 e. The minimum atomic E-state index is -3.60. The Morgan fingerprint density at radius 3 is 2.38 bits per heavy atom. The molecule has 0 bridgehead atoms. The highest BCUT2D eigenvalue weighted by atomic mass is 32.2. The zero-order valence-electron chi connectivity index (χ0n) is 13.7. The Balaban J connectivity index is 1.93. The van der Waals surface area contributed by atoms with E-state index in [-0.39, 0.29) is 4.90 Å². The van der Waals surface area contributed by atoms with Crippen molar-refractivity contribution < 1.29 is 8.42 Å². The Bertz CT molecular complexity index is 949. The number of aryl methyl sites for hydroxylation is 1. The number of sulfonamides is 1. The first-order chi connectivity index (χ1) is 11.6. The highest BCUT2D eigenvalue weighted by molar-refractivity contribution is 7.92. The Morgan fingerprint density at radius 1 is 0.875 bits per heavy atom. The molecule has 0 atom stereocenters. The fourth-order valence-corrected chi connectivity index (χ4v) is 3.88. The standard InChI is InChI=1S/C20H21NO2S/c1-2-3-8-17-10-6-7-12-20(17)21-24(22,23)19-14-13-16-9-4-5-11-18(16)15-19/h4-7,9-15,21H,2-3,8H2,1H3. The van der Waals surface area contributed by atoms with Crippen LogP contribution in [-0.4, -0.2) is 8.42 Å². The van der Waals surface area contributed by atoms with E-state index in [1.807, 2.05) is 54.6 Å². The van der Waals surface area contributed by atoms with Crippen LogP contribution in [0.1, 0.15) is 25.3 Å². The largest absolute Gasteiger partial charge is 0.279 e. The summed E-state index contributed by atoms with van der Waals surface area (Å²) in [4.78, 5) is 0.284. The predicted octanol–water partition coefficient (Wildman–Crippen LogP) is 4.98. The van der Waals surface area contributed by atoms with Crippen molar-refractivity contribution in [2.75, 3.05) is 4.72 Å². The van der Waals surface area contributed by atoms with Gasteiger partial charge in [-0.1, -0.05) is 61.9 Å². The van der Waals surface area contributed by atoms with E-state index in [0.29, 0.717) is 5.69 Å². The van der Waals surface area contributed by atoms with Crippen LogP contribution in [0.15, 0.2) is 71.6 Å². The van der Waals surface area contributed by atoms with Gasteiger partial charge in [0, 0.05) is 0 Å². The van der Waals surface area contributed by atoms with Gasteiger partial charge < -0.3 is 0 Å². The highest BCUT2D eigenvalue weighted by Gasteiger charge is 2.16. The lowest BCUT2D eigenvalue weighted by Crippen LogP contribution is -2.14. The van der Waals surface area contributed by atoms with Crippen LogP contribution in [0.25, 0.3) is 10.8 Å². The third-order valence-corrected chi connectivity index (χ3v) is 5.46. The molecule has 0 spiro atoms. The smallest absolute Gasteiger partial charge is 0.261 e. The molecule has 124 valence electrons. The van der Waals surface area contributed by atoms with Crippen LogP contribution in [0.4, 0.5) is 5.69 Å². The van der Waals surface area contributed by atoms with Crippen molar-refractivity contribution in [1.82, 2.24) is 0 Å². The molecule has 0 radical (unpaired) electrons. The number of anilines is 1. The topological polar surface area (TPSA) is 46.2 Å². The molecule has 0 heterocycles. The molecule has 3 nitrogen and oxygen atoms in total. The summed E-state index contributed by atoms with van der Waals surface area (Å²) in [5.41, 5.74) is 1.70. The number of benzene rings is 3. The number of rotatable bonds is 6. The zero-order chi connectivity index (χ0) is 17.0. The van der Waals surface area contributed by atoms with E-state index in [2.05, 4.69) is 11.6 Å². The SMILES string of the molecule is CCCCc1ccccc1NS(=O)(=O)c1ccc2ccccc2c1. The maximum absolute atomic E-state index is 12.8. The monoisotopic (exact) mass is 339 g/mol. The minimum absolute atomic E-state index is 0.284. The molecule has 0 fully saturated rings. The van der Waals surface area contributed by atoms with Crippen molar-refractivity contribution in [2.45, 2.75) is 31.1 Å². The van der Waals surface area contributed by atoms with E-state index in [0.717, 1.165) is 35.6 Å². The molecule has 4 heteroatoms. The van der Waals surface area contributed by atoms with Crippen LogP contribution in [0.2, 0.25) is 0 Å². The molecule has 0 aliphatic rings. The normalized spacial score (nSPS) is 11.5. The lowest BCUT2D eigenvalue weighted by molar-refractivity contribution is 0.601. The van der Waals surface area contributed by atoms with E-state index in [1.165, 1.54) is 0 Å². The summed E-state index contributed by atoms with van der Waals surface area (Å²) in [5, 5.41) is 1.94. The third kappa shape index (κ3) is 3.60. The summed E-state index contributed by atoms with van der Waals surface area (Å²) < 4.78 is 28.3. The van der Waals surface area contributed by atoms with Gasteiger partial charge in [0.05, 0.1) is 10.6 Å². The molecule has 3 aromatic carbocycles. The summed E-state index contributed by atoms with van der Waals surface area (Å²) in [6, 6.07) is 20.6. The molecule has 0 aliphatic carbocycles. The lowest BCUT2D eigenvalue weighted by atomic mass is 10.1. The van der Waals surface area contributed by atoms with Gasteiger partial charge in [0.2, 0.25) is 0 Å². The lowest BCUT2D eigenvalue weighted by Gasteiger charge is -2.13. The van der Waals surface area contributed by atoms with Gasteiger partial charge in [0.1, 0.15) is 0 Å². The molecule has 0 aromatic heterocycles. The van der Waals surface area contributed by atoms with Crippen LogP contribution in [0.3, 0.4) is 0 Å². The summed E-state index contributed by atoms with van der Waals surface area (Å²) in [6.45, 7) is 2.13. The Labute approximate surface area is 143 Å². The Kier molecular flexibility index (Phi) is 4.86. The van der Waals surface area contributed by atoms with E-state index in [4.69, 9.17) is 0 Å². The molecule has 1 N–H and O–H groups in total. The van der Waals surface area contributed by atoms with Gasteiger partial charge in [0.25, 0.3) is 10.0 Å². The number of para-hydroxylation sites is 1. The molecule has 24 heavy (non-hydrogen) atoms. The molecule has 3 rings (SSSR count). The maximum atomic E-state index is 12.8. The number of unbranched alkanes of at least 4 members (excludes halogenated alkanes) is 1. The van der Waals surface area contributed by atoms with Crippen LogP contribution in [0.5, 0.6) is 0 Å². The van der Waals surface area contributed by atoms with Crippen LogP contribution < -0.4 is 4.72 Å². The van der Waals surface area contributed by atoms with E-state index < -0.39 is 10.0 Å². The van der Waals surface area contributed by atoms with E-state index in [9.17, 15) is 8.42 Å². The number of fused-ring (bicyclic) bond motifs is 1. The second-order valence-corrected chi connectivity index (χ2v) is 7.56. The Hall–Kier alpha value is -2.33. The van der Waals surface area contributed by atoms with Crippen molar-refractivity contribution in [2.24, 2.45) is 0 Å². The van der Waals surface area contributed by atoms with Gasteiger partial charge in [-0.15, -0.1) is 0 Å². The first kappa shape index (κ1) is 16.5. The maximum Gasteiger partial charge on any atom is 0.261 e. The molecule has 3 aromatic rings. The molecular formula is C20H21NO2S. The van der Waals surface area contributed by atoms with Crippen molar-refractivity contribution in [3.8, 4) is 0 Å². The molecule has 0 saturated heterocycles. The van der Waals surface area contributed by atoms with Crippen molar-refractivity contribution >= 4 is 26.5 Å². The first-order valence-corrected chi connectivity index (χ1v) is 9.68. The Morgan fingerprint density at radius 2 is 1.58 bits per heavy atom. The number of hydrogen-bond acceptors (Lipinski definition) is 2. The molecule has 0 amide bonds. The molecule has 0 saturated carbocycles. The zero-order valence-corrected chi connectivity index (χ0v) is 14.5. The van der Waals surface area contributed by atoms with Gasteiger partial charge in [-0.3, -0.25) is 4.72 Å². The van der Waals surface area contributed by atoms with Crippen molar-refractivity contribution in [3.05, 3.63) is 72.3 Å². The van der Waals surface area contributed by atoms with Gasteiger partial charge in [-0.05, 0) is 47.4 Å². The predicted molar refractivity (Wildman–Crippen MR) is 99.8 cm³/mol. The molecule has 0 unspecified atom stereocenters. The average molecular weight is 339 g/mol. The summed E-state index contributed by atoms with van der Waals surface area (Å²) >= 11 is 0. The summed E-state index contributed by atoms with van der Waals surface area (Å²) in [5.74, 6) is 0. The number of nitrogens with one attached hydrogen (secondary N) is 1. The van der Waals surface area contributed by atoms with Crippen LogP contribution in [0, 0.1) is 0 Å². The average Bonchev–Trinajstić information content (AvgIpc) is 2.60. The van der Waals surface area contributed by atoms with Crippen LogP contribution in [-0.2, 0) is 16.4 Å². The third-order valence-electron chi connectivity index (χ3n) is 4.09. The second-order valence-electron chi connectivity index (χ2n) is 5.88. The fourth-order valence-electron chi connectivity index (χ4n) is 2.74. The second kappa shape index (κ2) is 7.05. The van der Waals surface area contributed by atoms with Gasteiger partial charge in [-0.2, -0.15) is 0 Å². The van der Waals surface area contributed by atoms with Gasteiger partial charge in [-0.25, -0.2) is 8.42 Å². The quantitative estimate of drug-likeness (QED) is 0.688. The van der Waals surface area contributed by atoms with Crippen molar-refractivity contribution in [1.29, 1.82) is 0 Å². The van der Waals surface area contributed by atoms with E-state index in [1.54, 1.807) is 12.1 Å². The first-order valence-electron chi connectivity index (χ1n) is 8.19. The fraction of sp³-hybridized carbons (Fsp3) is 0.200. The number of hydrogen-bond donors (Lipinski definition) is 1. The van der Waals surface area contributed by atoms with Crippen LogP contribution >= 0.6 is 0 Å². The highest BCUT2D eigenvalue weighted by Crippen LogP contribution is 2.24. The van der Waals surface area contributed by atoms with E-state index >= 15 is 0 Å².